The van der Waals surface area contributed by atoms with E-state index >= 15 is 0 Å². The van der Waals surface area contributed by atoms with Gasteiger partial charge in [0.1, 0.15) is 5.69 Å². The van der Waals surface area contributed by atoms with Crippen molar-refractivity contribution in [3.8, 4) is 0 Å². The maximum absolute atomic E-state index is 8.26. The Labute approximate surface area is 92.3 Å². The van der Waals surface area contributed by atoms with Crippen LogP contribution in [0.5, 0.6) is 0 Å². The van der Waals surface area contributed by atoms with Gasteiger partial charge in [0.05, 0.1) is 0 Å². The molecule has 0 saturated heterocycles. The fraction of sp³-hybridized carbons (Fsp3) is 0.250. The monoisotopic (exact) mass is 249 g/mol. The van der Waals surface area contributed by atoms with Crippen molar-refractivity contribution >= 4 is 11.4 Å². The first-order valence-corrected chi connectivity index (χ1v) is 9.89. The number of rotatable bonds is 0. The summed E-state index contributed by atoms with van der Waals surface area (Å²) in [7, 11) is 0. The van der Waals surface area contributed by atoms with E-state index in [9.17, 15) is 0 Å². The maximum atomic E-state index is 8.26. The molecular formula is C8H12ClN3Zn. The summed E-state index contributed by atoms with van der Waals surface area (Å²) in [5, 5.41) is 8.26. The van der Waals surface area contributed by atoms with E-state index in [2.05, 4.69) is 16.0 Å². The summed E-state index contributed by atoms with van der Waals surface area (Å²) in [5.41, 5.74) is 10.9. The molecule has 0 amide bonds. The van der Waals surface area contributed by atoms with Gasteiger partial charge in [0.25, 0.3) is 0 Å². The first-order chi connectivity index (χ1) is 5.76. The van der Waals surface area contributed by atoms with Crippen molar-refractivity contribution < 1.29 is 29.5 Å². The molecule has 0 fully saturated rings. The van der Waals surface area contributed by atoms with E-state index in [1.807, 2.05) is 0 Å². The van der Waals surface area contributed by atoms with Crippen LogP contribution in [-0.4, -0.2) is 0 Å². The van der Waals surface area contributed by atoms with Crippen LogP contribution in [0.25, 0.3) is 4.98 Å². The quantitative estimate of drug-likeness (QED) is 0.398. The molecule has 3 nitrogen and oxygen atoms in total. The van der Waals surface area contributed by atoms with Gasteiger partial charge in [0.2, 0.25) is 5.39 Å². The Kier molecular flexibility index (Phi) is 10.8. The number of hydrogen-bond donors (Lipinski definition) is 1. The van der Waals surface area contributed by atoms with Gasteiger partial charge in [-0.05, 0) is 6.07 Å². The Morgan fingerprint density at radius 2 is 1.77 bits per heavy atom. The zero-order chi connectivity index (χ0) is 9.40. The maximum Gasteiger partial charge on any atom is -1.00 e. The fourth-order valence-electron chi connectivity index (χ4n) is 0.579. The first-order valence-electron chi connectivity index (χ1n) is 3.95. The van der Waals surface area contributed by atoms with E-state index in [1.54, 1.807) is 24.3 Å². The van der Waals surface area contributed by atoms with Crippen molar-refractivity contribution in [1.82, 2.24) is 0 Å². The van der Waals surface area contributed by atoms with E-state index in [1.165, 1.54) is 0 Å². The Balaban J connectivity index is 0. The number of hydrogen-bond acceptors (Lipinski definition) is 2. The third kappa shape index (κ3) is 6.51. The molecule has 0 spiro atoms. The van der Waals surface area contributed by atoms with E-state index in [4.69, 9.17) is 11.1 Å². The van der Waals surface area contributed by atoms with Crippen molar-refractivity contribution in [2.45, 2.75) is 11.0 Å². The predicted octanol–water partition coefficient (Wildman–Crippen LogP) is -0.0775. The minimum Gasteiger partial charge on any atom is -1.00 e. The van der Waals surface area contributed by atoms with Crippen molar-refractivity contribution in [1.29, 1.82) is 5.39 Å². The predicted molar refractivity (Wildman–Crippen MR) is 47.3 cm³/mol. The fourth-order valence-corrected chi connectivity index (χ4v) is 0.579. The molecule has 1 rings (SSSR count). The average Bonchev–Trinajstić information content (AvgIpc) is 2.07. The molecule has 5 heteroatoms. The Morgan fingerprint density at radius 3 is 2.08 bits per heavy atom. The molecule has 0 atom stereocenters. The number of nitrogens with two attached hydrogens (primary N) is 1. The molecule has 0 heterocycles. The molecule has 1 aromatic rings. The molecule has 0 aliphatic carbocycles. The summed E-state index contributed by atoms with van der Waals surface area (Å²) >= 11 is 0.125. The summed E-state index contributed by atoms with van der Waals surface area (Å²) in [4.78, 5) is 2.95. The standard InChI is InChI=1S/C6H6N3.2CH3.ClH.Zn/c7-5-3-1-2-4-6(5)9-8;;;;/h1-4H,7H2;2*1H3;1H;/q+1;;;;/p-1. The number of diazo groups is 1. The Hall–Kier alpha value is -0.647. The van der Waals surface area contributed by atoms with Crippen LogP contribution in [-0.2, 0) is 17.1 Å². The van der Waals surface area contributed by atoms with Gasteiger partial charge in [0.15, 0.2) is 4.98 Å². The van der Waals surface area contributed by atoms with Crippen LogP contribution in [0.3, 0.4) is 0 Å². The van der Waals surface area contributed by atoms with Crippen molar-refractivity contribution in [2.75, 3.05) is 5.73 Å². The molecule has 0 aliphatic rings. The second-order valence-electron chi connectivity index (χ2n) is 2.37. The summed E-state index contributed by atoms with van der Waals surface area (Å²) in [5.74, 6) is 0. The molecule has 2 N–H and O–H groups in total. The van der Waals surface area contributed by atoms with Crippen LogP contribution in [0.2, 0.25) is 11.0 Å². The van der Waals surface area contributed by atoms with Crippen LogP contribution in [0, 0.1) is 5.39 Å². The molecule has 0 bridgehead atoms. The van der Waals surface area contributed by atoms with Crippen molar-refractivity contribution in [2.24, 2.45) is 0 Å². The molecule has 13 heavy (non-hydrogen) atoms. The third-order valence-electron chi connectivity index (χ3n) is 1.04. The van der Waals surface area contributed by atoms with Gasteiger partial charge < -0.3 is 18.1 Å². The summed E-state index contributed by atoms with van der Waals surface area (Å²) in [6, 6.07) is 6.85. The average molecular weight is 251 g/mol. The molecule has 1 aromatic carbocycles. The topological polar surface area (TPSA) is 54.2 Å². The number of nitrogen functional groups attached to an aromatic ring is 1. The van der Waals surface area contributed by atoms with Crippen LogP contribution < -0.4 is 18.1 Å². The SMILES string of the molecule is N#[N+]c1ccccc1N.[CH3][Zn][CH3].[Cl-]. The minimum absolute atomic E-state index is 0. The van der Waals surface area contributed by atoms with Gasteiger partial charge in [-0.25, -0.2) is 0 Å². The largest absolute Gasteiger partial charge is 1.00 e. The number of halogens is 1. The van der Waals surface area contributed by atoms with Crippen molar-refractivity contribution in [3.63, 3.8) is 0 Å². The summed E-state index contributed by atoms with van der Waals surface area (Å²) in [6.45, 7) is 0. The molecular weight excluding hydrogens is 239 g/mol. The normalized spacial score (nSPS) is 6.54. The Morgan fingerprint density at radius 1 is 1.31 bits per heavy atom. The molecule has 0 aliphatic heterocycles. The second kappa shape index (κ2) is 9.44. The zero-order valence-corrected chi connectivity index (χ0v) is 11.6. The van der Waals surface area contributed by atoms with E-state index in [0.29, 0.717) is 11.4 Å². The van der Waals surface area contributed by atoms with E-state index in [-0.39, 0.29) is 29.5 Å². The van der Waals surface area contributed by atoms with Gasteiger partial charge in [-0.3, -0.25) is 0 Å². The van der Waals surface area contributed by atoms with Gasteiger partial charge in [-0.1, -0.05) is 12.1 Å². The van der Waals surface area contributed by atoms with Crippen LogP contribution in [0.15, 0.2) is 24.3 Å². The number of anilines is 1. The number of nitrogens with zero attached hydrogens (tertiary/aromatic N) is 2. The molecule has 0 saturated carbocycles. The van der Waals surface area contributed by atoms with Crippen molar-refractivity contribution in [3.05, 3.63) is 29.2 Å². The van der Waals surface area contributed by atoms with E-state index < -0.39 is 0 Å². The summed E-state index contributed by atoms with van der Waals surface area (Å²) < 4.78 is 0. The minimum atomic E-state index is 0. The third-order valence-corrected chi connectivity index (χ3v) is 1.04. The number of para-hydroxylation sites is 1. The first kappa shape index (κ1) is 14.9. The molecule has 0 aromatic heterocycles. The Bertz CT molecular complexity index is 272. The number of benzene rings is 1. The van der Waals surface area contributed by atoms with E-state index in [0.717, 1.165) is 0 Å². The molecule has 0 unspecified atom stereocenters. The van der Waals surface area contributed by atoms with Gasteiger partial charge >= 0.3 is 33.9 Å². The zero-order valence-electron chi connectivity index (χ0n) is 7.87. The molecule has 0 radical (unpaired) electrons. The molecule has 68 valence electrons. The smallest absolute Gasteiger partial charge is 1.00 e. The van der Waals surface area contributed by atoms with Gasteiger partial charge in [-0.15, -0.1) is 0 Å². The second-order valence-corrected chi connectivity index (χ2v) is 5.33. The van der Waals surface area contributed by atoms with Gasteiger partial charge in [0, 0.05) is 6.07 Å². The van der Waals surface area contributed by atoms with Crippen LogP contribution in [0.1, 0.15) is 0 Å². The van der Waals surface area contributed by atoms with Crippen LogP contribution >= 0.6 is 0 Å². The summed E-state index contributed by atoms with van der Waals surface area (Å²) in [6.07, 6.45) is 0. The van der Waals surface area contributed by atoms with Crippen LogP contribution in [0.4, 0.5) is 11.4 Å². The van der Waals surface area contributed by atoms with Gasteiger partial charge in [-0.2, -0.15) is 0 Å².